The van der Waals surface area contributed by atoms with Crippen LogP contribution in [-0.2, 0) is 9.59 Å². The molecule has 0 saturated carbocycles. The van der Waals surface area contributed by atoms with Crippen molar-refractivity contribution in [2.24, 2.45) is 0 Å². The summed E-state index contributed by atoms with van der Waals surface area (Å²) in [4.78, 5) is 27.9. The van der Waals surface area contributed by atoms with Crippen LogP contribution >= 0.6 is 0 Å². The molecule has 6 nitrogen and oxygen atoms in total. The van der Waals surface area contributed by atoms with E-state index in [1.165, 1.54) is 17.0 Å². The maximum atomic E-state index is 13.3. The molecule has 34 heavy (non-hydrogen) atoms. The van der Waals surface area contributed by atoms with Crippen LogP contribution in [0.5, 0.6) is 11.5 Å². The molecule has 0 spiro atoms. The summed E-state index contributed by atoms with van der Waals surface area (Å²) >= 11 is 0. The van der Waals surface area contributed by atoms with Crippen molar-refractivity contribution in [2.75, 3.05) is 4.90 Å². The highest BCUT2D eigenvalue weighted by Gasteiger charge is 2.47. The van der Waals surface area contributed by atoms with E-state index in [1.807, 2.05) is 39.8 Å². The maximum Gasteiger partial charge on any atom is 0.300 e. The van der Waals surface area contributed by atoms with Gasteiger partial charge < -0.3 is 14.9 Å². The zero-order chi connectivity index (χ0) is 24.6. The number of Topliss-reactive ketones (excluding diaryl/α,β-unsaturated/α-hetero) is 1. The van der Waals surface area contributed by atoms with Crippen molar-refractivity contribution in [3.63, 3.8) is 0 Å². The molecule has 2 N–H and O–H groups in total. The lowest BCUT2D eigenvalue weighted by Crippen LogP contribution is -2.30. The summed E-state index contributed by atoms with van der Waals surface area (Å²) in [6.45, 7) is 7.56. The molecule has 0 aliphatic carbocycles. The average molecular weight is 458 g/mol. The number of nitrogens with zero attached hydrogens (tertiary/aromatic N) is 1. The van der Waals surface area contributed by atoms with Crippen LogP contribution < -0.4 is 9.64 Å². The molecule has 6 heteroatoms. The van der Waals surface area contributed by atoms with E-state index in [-0.39, 0.29) is 23.2 Å². The second-order valence-corrected chi connectivity index (χ2v) is 8.70. The number of anilines is 1. The van der Waals surface area contributed by atoms with Gasteiger partial charge in [-0.1, -0.05) is 30.3 Å². The van der Waals surface area contributed by atoms with Gasteiger partial charge in [-0.2, -0.15) is 0 Å². The Kier molecular flexibility index (Phi) is 6.16. The van der Waals surface area contributed by atoms with E-state index >= 15 is 0 Å². The number of aryl methyl sites for hydroxylation is 2. The molecule has 4 rings (SSSR count). The van der Waals surface area contributed by atoms with Crippen molar-refractivity contribution >= 4 is 23.1 Å². The Morgan fingerprint density at radius 3 is 2.32 bits per heavy atom. The van der Waals surface area contributed by atoms with Crippen LogP contribution in [0.25, 0.3) is 5.76 Å². The number of carbonyl (C=O) groups excluding carboxylic acids is 2. The van der Waals surface area contributed by atoms with Gasteiger partial charge in [-0.15, -0.1) is 0 Å². The molecule has 1 atom stereocenters. The molecule has 1 aliphatic heterocycles. The number of aliphatic hydroxyl groups is 1. The fourth-order valence-corrected chi connectivity index (χ4v) is 4.26. The lowest BCUT2D eigenvalue weighted by Gasteiger charge is -2.27. The molecule has 1 heterocycles. The van der Waals surface area contributed by atoms with Gasteiger partial charge in [0.05, 0.1) is 17.7 Å². The topological polar surface area (TPSA) is 87.1 Å². The molecule has 0 aromatic heterocycles. The Bertz CT molecular complexity index is 1310. The smallest absolute Gasteiger partial charge is 0.300 e. The molecule has 3 aromatic rings. The van der Waals surface area contributed by atoms with Crippen LogP contribution in [-0.4, -0.2) is 28.0 Å². The molecular formula is C28H27NO5. The lowest BCUT2D eigenvalue weighted by molar-refractivity contribution is -0.132. The molecule has 0 bridgehead atoms. The van der Waals surface area contributed by atoms with Gasteiger partial charge in [-0.25, -0.2) is 0 Å². The third-order valence-corrected chi connectivity index (χ3v) is 5.82. The number of phenols is 1. The lowest BCUT2D eigenvalue weighted by atomic mass is 9.94. The molecule has 1 unspecified atom stereocenters. The van der Waals surface area contributed by atoms with E-state index in [0.717, 1.165) is 11.1 Å². The van der Waals surface area contributed by atoms with Crippen molar-refractivity contribution < 1.29 is 24.5 Å². The zero-order valence-corrected chi connectivity index (χ0v) is 19.6. The third kappa shape index (κ3) is 4.15. The predicted molar refractivity (Wildman–Crippen MR) is 131 cm³/mol. The molecule has 1 amide bonds. The summed E-state index contributed by atoms with van der Waals surface area (Å²) in [6, 6.07) is 17.9. The van der Waals surface area contributed by atoms with Crippen molar-refractivity contribution in [1.82, 2.24) is 0 Å². The first-order valence-corrected chi connectivity index (χ1v) is 11.1. The summed E-state index contributed by atoms with van der Waals surface area (Å²) in [7, 11) is 0. The van der Waals surface area contributed by atoms with Gasteiger partial charge in [-0.3, -0.25) is 14.5 Å². The highest BCUT2D eigenvalue weighted by atomic mass is 16.5. The fourth-order valence-electron chi connectivity index (χ4n) is 4.26. The minimum atomic E-state index is -0.903. The van der Waals surface area contributed by atoms with Crippen LogP contribution in [0.2, 0.25) is 0 Å². The summed E-state index contributed by atoms with van der Waals surface area (Å²) < 4.78 is 5.78. The van der Waals surface area contributed by atoms with Crippen molar-refractivity contribution in [2.45, 2.75) is 39.8 Å². The molecule has 0 radical (unpaired) electrons. The van der Waals surface area contributed by atoms with E-state index < -0.39 is 17.7 Å². The molecule has 3 aromatic carbocycles. The highest BCUT2D eigenvalue weighted by molar-refractivity contribution is 6.51. The van der Waals surface area contributed by atoms with Crippen molar-refractivity contribution in [1.29, 1.82) is 0 Å². The molecule has 174 valence electrons. The Morgan fingerprint density at radius 1 is 0.941 bits per heavy atom. The summed E-state index contributed by atoms with van der Waals surface area (Å²) in [6.07, 6.45) is -0.0108. The van der Waals surface area contributed by atoms with Gasteiger partial charge in [0.25, 0.3) is 11.7 Å². The standard InChI is InChI=1S/C28H27NO5/c1-16(2)34-23-13-12-20(14-18(23)4)26(31)24-25(19-9-7-10-21(30)15-19)29(28(33)27(24)32)22-11-6-5-8-17(22)3/h5-16,25,30-31H,1-4H3/b26-24-. The summed E-state index contributed by atoms with van der Waals surface area (Å²) in [5.74, 6) is -1.12. The molecular weight excluding hydrogens is 430 g/mol. The van der Waals surface area contributed by atoms with Crippen molar-refractivity contribution in [3.05, 3.63) is 94.6 Å². The quantitative estimate of drug-likeness (QED) is 0.303. The Balaban J connectivity index is 1.92. The number of ether oxygens (including phenoxy) is 1. The minimum absolute atomic E-state index is 0.00102. The number of hydrogen-bond acceptors (Lipinski definition) is 5. The fraction of sp³-hybridized carbons (Fsp3) is 0.214. The second-order valence-electron chi connectivity index (χ2n) is 8.70. The minimum Gasteiger partial charge on any atom is -0.508 e. The number of aromatic hydroxyl groups is 1. The first-order valence-electron chi connectivity index (χ1n) is 11.1. The largest absolute Gasteiger partial charge is 0.508 e. The Morgan fingerprint density at radius 2 is 1.68 bits per heavy atom. The maximum absolute atomic E-state index is 13.3. The third-order valence-electron chi connectivity index (χ3n) is 5.82. The Labute approximate surface area is 198 Å². The van der Waals surface area contributed by atoms with E-state index in [2.05, 4.69) is 0 Å². The van der Waals surface area contributed by atoms with E-state index in [1.54, 1.807) is 42.5 Å². The van der Waals surface area contributed by atoms with Gasteiger partial charge in [0.15, 0.2) is 0 Å². The number of hydrogen-bond donors (Lipinski definition) is 2. The number of phenolic OH excluding ortho intramolecular Hbond substituents is 1. The van der Waals surface area contributed by atoms with Gasteiger partial charge >= 0.3 is 0 Å². The van der Waals surface area contributed by atoms with E-state index in [0.29, 0.717) is 22.6 Å². The number of para-hydroxylation sites is 1. The second kappa shape index (κ2) is 9.06. The van der Waals surface area contributed by atoms with Gasteiger partial charge in [-0.05, 0) is 80.8 Å². The van der Waals surface area contributed by atoms with Gasteiger partial charge in [0.1, 0.15) is 17.3 Å². The first kappa shape index (κ1) is 23.1. The highest BCUT2D eigenvalue weighted by Crippen LogP contribution is 2.43. The van der Waals surface area contributed by atoms with Gasteiger partial charge in [0, 0.05) is 11.3 Å². The molecule has 1 aliphatic rings. The molecule has 1 fully saturated rings. The number of carbonyl (C=O) groups is 2. The van der Waals surface area contributed by atoms with Crippen LogP contribution in [0.15, 0.2) is 72.3 Å². The van der Waals surface area contributed by atoms with Crippen LogP contribution in [0, 0.1) is 13.8 Å². The number of rotatable bonds is 5. The number of aliphatic hydroxyl groups excluding tert-OH is 1. The number of ketones is 1. The SMILES string of the molecule is Cc1cc(/C(O)=C2/C(=O)C(=O)N(c3ccccc3C)C2c2cccc(O)c2)ccc1OC(C)C. The number of amides is 1. The van der Waals surface area contributed by atoms with Crippen molar-refractivity contribution in [3.8, 4) is 11.5 Å². The monoisotopic (exact) mass is 457 g/mol. The Hall–Kier alpha value is -4.06. The van der Waals surface area contributed by atoms with Crippen LogP contribution in [0.1, 0.15) is 42.1 Å². The van der Waals surface area contributed by atoms with Gasteiger partial charge in [0.2, 0.25) is 0 Å². The number of benzene rings is 3. The average Bonchev–Trinajstić information content (AvgIpc) is 3.05. The summed E-state index contributed by atoms with van der Waals surface area (Å²) in [5, 5.41) is 21.4. The first-order chi connectivity index (χ1) is 16.2. The van der Waals surface area contributed by atoms with Crippen LogP contribution in [0.3, 0.4) is 0 Å². The van der Waals surface area contributed by atoms with E-state index in [9.17, 15) is 19.8 Å². The molecule has 1 saturated heterocycles. The predicted octanol–water partition coefficient (Wildman–Crippen LogP) is 5.42. The summed E-state index contributed by atoms with van der Waals surface area (Å²) in [5.41, 5.74) is 3.05. The van der Waals surface area contributed by atoms with Crippen LogP contribution in [0.4, 0.5) is 5.69 Å². The van der Waals surface area contributed by atoms with E-state index in [4.69, 9.17) is 4.74 Å². The zero-order valence-electron chi connectivity index (χ0n) is 19.6. The normalized spacial score (nSPS) is 17.4.